The van der Waals surface area contributed by atoms with Gasteiger partial charge >= 0.3 is 0 Å². The summed E-state index contributed by atoms with van der Waals surface area (Å²) in [5.74, 6) is 0.663. The van der Waals surface area contributed by atoms with Crippen molar-refractivity contribution < 1.29 is 13.2 Å². The topological polar surface area (TPSA) is 84.7 Å². The van der Waals surface area contributed by atoms with E-state index in [0.29, 0.717) is 30.5 Å². The van der Waals surface area contributed by atoms with Crippen LogP contribution in [0.1, 0.15) is 25.7 Å². The van der Waals surface area contributed by atoms with Gasteiger partial charge in [-0.05, 0) is 57.0 Å². The molecule has 0 aliphatic carbocycles. The SMILES string of the molecule is CN(CCOc1ccc(S(N)(=O)=O)cc1)C1CC2CCC(C1)N2. The number of primary sulfonamides is 1. The van der Waals surface area contributed by atoms with Gasteiger partial charge in [0.05, 0.1) is 4.90 Å². The van der Waals surface area contributed by atoms with Gasteiger partial charge in [0.1, 0.15) is 12.4 Å². The highest BCUT2D eigenvalue weighted by atomic mass is 32.2. The third-order valence-electron chi connectivity index (χ3n) is 4.94. The van der Waals surface area contributed by atoms with Gasteiger partial charge in [0.25, 0.3) is 0 Å². The number of benzene rings is 1. The number of hydrogen-bond donors (Lipinski definition) is 2. The Hall–Kier alpha value is -1.15. The number of ether oxygens (including phenoxy) is 1. The smallest absolute Gasteiger partial charge is 0.238 e. The van der Waals surface area contributed by atoms with Gasteiger partial charge in [0.2, 0.25) is 10.0 Å². The fraction of sp³-hybridized carbons (Fsp3) is 0.625. The number of rotatable bonds is 6. The normalized spacial score (nSPS) is 27.3. The summed E-state index contributed by atoms with van der Waals surface area (Å²) in [5.41, 5.74) is 0. The van der Waals surface area contributed by atoms with Gasteiger partial charge < -0.3 is 10.1 Å². The van der Waals surface area contributed by atoms with Gasteiger partial charge in [-0.3, -0.25) is 4.90 Å². The lowest BCUT2D eigenvalue weighted by molar-refractivity contribution is 0.147. The number of fused-ring (bicyclic) bond motifs is 2. The first kappa shape index (κ1) is 16.7. The summed E-state index contributed by atoms with van der Waals surface area (Å²) in [6.07, 6.45) is 5.05. The highest BCUT2D eigenvalue weighted by Crippen LogP contribution is 2.29. The third kappa shape index (κ3) is 4.23. The first-order valence-corrected chi connectivity index (χ1v) is 9.68. The number of piperidine rings is 1. The van der Waals surface area contributed by atoms with Gasteiger partial charge in [-0.2, -0.15) is 0 Å². The number of nitrogens with one attached hydrogen (secondary N) is 1. The summed E-state index contributed by atoms with van der Waals surface area (Å²) in [5, 5.41) is 8.73. The van der Waals surface area contributed by atoms with E-state index in [4.69, 9.17) is 9.88 Å². The minimum Gasteiger partial charge on any atom is -0.492 e. The predicted molar refractivity (Wildman–Crippen MR) is 88.9 cm³/mol. The Kier molecular flexibility index (Phi) is 4.91. The van der Waals surface area contributed by atoms with Crippen molar-refractivity contribution in [3.05, 3.63) is 24.3 Å². The van der Waals surface area contributed by atoms with Crippen LogP contribution in [-0.4, -0.2) is 51.6 Å². The van der Waals surface area contributed by atoms with Crippen LogP contribution in [0.5, 0.6) is 5.75 Å². The lowest BCUT2D eigenvalue weighted by atomic mass is 9.99. The fourth-order valence-electron chi connectivity index (χ4n) is 3.60. The summed E-state index contributed by atoms with van der Waals surface area (Å²) in [7, 11) is -1.49. The minimum absolute atomic E-state index is 0.104. The van der Waals surface area contributed by atoms with Crippen molar-refractivity contribution in [1.29, 1.82) is 0 Å². The second-order valence-corrected chi connectivity index (χ2v) is 8.17. The van der Waals surface area contributed by atoms with Crippen LogP contribution < -0.4 is 15.2 Å². The van der Waals surface area contributed by atoms with Crippen LogP contribution in [0, 0.1) is 0 Å². The average molecular weight is 339 g/mol. The van der Waals surface area contributed by atoms with E-state index in [-0.39, 0.29) is 4.90 Å². The molecule has 0 saturated carbocycles. The number of nitrogens with zero attached hydrogens (tertiary/aromatic N) is 1. The zero-order chi connectivity index (χ0) is 16.4. The molecule has 3 N–H and O–H groups in total. The van der Waals surface area contributed by atoms with Crippen molar-refractivity contribution in [2.45, 2.75) is 48.7 Å². The predicted octanol–water partition coefficient (Wildman–Crippen LogP) is 0.928. The molecule has 2 aliphatic rings. The van der Waals surface area contributed by atoms with Crippen molar-refractivity contribution in [3.63, 3.8) is 0 Å². The van der Waals surface area contributed by atoms with Gasteiger partial charge in [0, 0.05) is 24.7 Å². The van der Waals surface area contributed by atoms with Gasteiger partial charge in [-0.25, -0.2) is 13.6 Å². The Labute approximate surface area is 138 Å². The fourth-order valence-corrected chi connectivity index (χ4v) is 4.12. The van der Waals surface area contributed by atoms with Crippen molar-refractivity contribution >= 4 is 10.0 Å². The maximum Gasteiger partial charge on any atom is 0.238 e. The monoisotopic (exact) mass is 339 g/mol. The molecule has 0 spiro atoms. The van der Waals surface area contributed by atoms with Crippen LogP contribution in [0.4, 0.5) is 0 Å². The van der Waals surface area contributed by atoms with Crippen molar-refractivity contribution in [2.24, 2.45) is 5.14 Å². The molecule has 3 rings (SSSR count). The average Bonchev–Trinajstić information content (AvgIpc) is 2.85. The van der Waals surface area contributed by atoms with Gasteiger partial charge in [-0.15, -0.1) is 0 Å². The van der Waals surface area contributed by atoms with Crippen LogP contribution in [0.15, 0.2) is 29.2 Å². The summed E-state index contributed by atoms with van der Waals surface area (Å²) in [6, 6.07) is 8.23. The maximum absolute atomic E-state index is 11.2. The molecule has 2 atom stereocenters. The zero-order valence-electron chi connectivity index (χ0n) is 13.4. The van der Waals surface area contributed by atoms with E-state index in [1.54, 1.807) is 12.1 Å². The standard InChI is InChI=1S/C16H25N3O3S/c1-19(14-10-12-2-3-13(11-14)18-12)8-9-22-15-4-6-16(7-5-15)23(17,20)21/h4-7,12-14,18H,2-3,8-11H2,1H3,(H2,17,20,21). The first-order valence-electron chi connectivity index (χ1n) is 8.14. The molecule has 2 fully saturated rings. The largest absolute Gasteiger partial charge is 0.492 e. The van der Waals surface area contributed by atoms with Crippen LogP contribution in [0.3, 0.4) is 0 Å². The molecular weight excluding hydrogens is 314 g/mol. The number of nitrogens with two attached hydrogens (primary N) is 1. The number of hydrogen-bond acceptors (Lipinski definition) is 5. The molecule has 2 bridgehead atoms. The third-order valence-corrected chi connectivity index (χ3v) is 5.87. The zero-order valence-corrected chi connectivity index (χ0v) is 14.3. The van der Waals surface area contributed by atoms with Crippen LogP contribution in [-0.2, 0) is 10.0 Å². The lowest BCUT2D eigenvalue weighted by Gasteiger charge is -2.35. The quantitative estimate of drug-likeness (QED) is 0.805. The van der Waals surface area contributed by atoms with E-state index in [0.717, 1.165) is 6.54 Å². The Morgan fingerprint density at radius 3 is 2.39 bits per heavy atom. The molecule has 6 nitrogen and oxygen atoms in total. The van der Waals surface area contributed by atoms with Crippen LogP contribution >= 0.6 is 0 Å². The van der Waals surface area contributed by atoms with E-state index in [1.807, 2.05) is 0 Å². The summed E-state index contributed by atoms with van der Waals surface area (Å²) in [4.78, 5) is 2.48. The number of sulfonamides is 1. The first-order chi connectivity index (χ1) is 10.9. The molecule has 128 valence electrons. The molecule has 2 saturated heterocycles. The van der Waals surface area contributed by atoms with Gasteiger partial charge in [0.15, 0.2) is 0 Å². The highest BCUT2D eigenvalue weighted by molar-refractivity contribution is 7.89. The highest BCUT2D eigenvalue weighted by Gasteiger charge is 2.34. The molecule has 2 aliphatic heterocycles. The second kappa shape index (κ2) is 6.76. The minimum atomic E-state index is -3.64. The Morgan fingerprint density at radius 1 is 1.22 bits per heavy atom. The molecule has 2 heterocycles. The summed E-state index contributed by atoms with van der Waals surface area (Å²) in [6.45, 7) is 1.45. The van der Waals surface area contributed by atoms with Crippen LogP contribution in [0.25, 0.3) is 0 Å². The van der Waals surface area contributed by atoms with E-state index in [1.165, 1.54) is 37.8 Å². The second-order valence-electron chi connectivity index (χ2n) is 6.61. The molecular formula is C16H25N3O3S. The molecule has 1 aromatic rings. The Balaban J connectivity index is 1.45. The molecule has 23 heavy (non-hydrogen) atoms. The van der Waals surface area contributed by atoms with E-state index >= 15 is 0 Å². The maximum atomic E-state index is 11.2. The van der Waals surface area contributed by atoms with Gasteiger partial charge in [-0.1, -0.05) is 0 Å². The van der Waals surface area contributed by atoms with Crippen LogP contribution in [0.2, 0.25) is 0 Å². The van der Waals surface area contributed by atoms with E-state index in [2.05, 4.69) is 17.3 Å². The molecule has 2 unspecified atom stereocenters. The molecule has 0 radical (unpaired) electrons. The number of likely N-dealkylation sites (N-methyl/N-ethyl adjacent to an activating group) is 1. The molecule has 1 aromatic carbocycles. The molecule has 0 aromatic heterocycles. The van der Waals surface area contributed by atoms with E-state index < -0.39 is 10.0 Å². The summed E-state index contributed by atoms with van der Waals surface area (Å²) >= 11 is 0. The Morgan fingerprint density at radius 2 is 1.83 bits per heavy atom. The van der Waals surface area contributed by atoms with Crippen molar-refractivity contribution in [3.8, 4) is 5.75 Å². The Bertz CT molecular complexity index is 620. The van der Waals surface area contributed by atoms with Crippen molar-refractivity contribution in [1.82, 2.24) is 10.2 Å². The summed E-state index contributed by atoms with van der Waals surface area (Å²) < 4.78 is 28.1. The lowest BCUT2D eigenvalue weighted by Crippen LogP contribution is -2.47. The molecule has 0 amide bonds. The van der Waals surface area contributed by atoms with E-state index in [9.17, 15) is 8.42 Å². The molecule has 7 heteroatoms. The van der Waals surface area contributed by atoms with Crippen molar-refractivity contribution in [2.75, 3.05) is 20.2 Å².